The van der Waals surface area contributed by atoms with Gasteiger partial charge in [0, 0.05) is 0 Å². The Bertz CT molecular complexity index is 307. The summed E-state index contributed by atoms with van der Waals surface area (Å²) in [5.74, 6) is -0.633. The predicted molar refractivity (Wildman–Crippen MR) is 83.2 cm³/mol. The number of hydrogen-bond acceptors (Lipinski definition) is 4. The van der Waals surface area contributed by atoms with Gasteiger partial charge in [-0.2, -0.15) is 0 Å². The van der Waals surface area contributed by atoms with Crippen molar-refractivity contribution in [1.29, 1.82) is 0 Å². The summed E-state index contributed by atoms with van der Waals surface area (Å²) < 4.78 is 17.6. The van der Waals surface area contributed by atoms with Crippen LogP contribution in [0.2, 0.25) is 18.1 Å². The molecule has 0 spiro atoms. The van der Waals surface area contributed by atoms with E-state index in [0.717, 1.165) is 18.1 Å². The smallest absolute Gasteiger partial charge is 0.193 e. The van der Waals surface area contributed by atoms with E-state index < -0.39 is 20.2 Å². The van der Waals surface area contributed by atoms with E-state index in [4.69, 9.17) is 13.9 Å². The van der Waals surface area contributed by atoms with Crippen molar-refractivity contribution in [3.05, 3.63) is 12.7 Å². The lowest BCUT2D eigenvalue weighted by molar-refractivity contribution is -0.156. The maximum absolute atomic E-state index is 10.5. The van der Waals surface area contributed by atoms with Gasteiger partial charge in [-0.3, -0.25) is 0 Å². The first kappa shape index (κ1) is 17.8. The molecule has 3 atom stereocenters. The molecule has 4 nitrogen and oxygen atoms in total. The highest BCUT2D eigenvalue weighted by molar-refractivity contribution is 6.73. The van der Waals surface area contributed by atoms with Gasteiger partial charge in [0.05, 0.1) is 12.7 Å². The first-order valence-electron chi connectivity index (χ1n) is 7.63. The van der Waals surface area contributed by atoms with E-state index in [0.29, 0.717) is 6.61 Å². The Kier molecular flexibility index (Phi) is 6.41. The second-order valence-corrected chi connectivity index (χ2v) is 10.6. The van der Waals surface area contributed by atoms with E-state index >= 15 is 0 Å². The highest BCUT2D eigenvalue weighted by Crippen LogP contribution is 2.29. The van der Waals surface area contributed by atoms with Crippen molar-refractivity contribution in [2.75, 3.05) is 6.61 Å². The topological polar surface area (TPSA) is 47.9 Å². The molecule has 118 valence electrons. The molecule has 0 aromatic rings. The lowest BCUT2D eigenvalue weighted by Gasteiger charge is -2.35. The van der Waals surface area contributed by atoms with E-state index in [1.165, 1.54) is 0 Å². The maximum Gasteiger partial charge on any atom is 0.193 e. The second kappa shape index (κ2) is 7.18. The lowest BCUT2D eigenvalue weighted by Crippen LogP contribution is -2.47. The van der Waals surface area contributed by atoms with Gasteiger partial charge in [0.1, 0.15) is 12.2 Å². The van der Waals surface area contributed by atoms with Gasteiger partial charge in [-0.05, 0) is 32.0 Å². The van der Waals surface area contributed by atoms with Gasteiger partial charge in [-0.1, -0.05) is 26.8 Å². The van der Waals surface area contributed by atoms with Crippen molar-refractivity contribution >= 4 is 8.32 Å². The van der Waals surface area contributed by atoms with Gasteiger partial charge in [0.15, 0.2) is 14.1 Å². The van der Waals surface area contributed by atoms with E-state index in [2.05, 4.69) is 27.4 Å². The van der Waals surface area contributed by atoms with Crippen molar-refractivity contribution in [2.45, 2.75) is 76.8 Å². The summed E-state index contributed by atoms with van der Waals surface area (Å²) in [6, 6.07) is 3.14. The molecule has 1 heterocycles. The maximum atomic E-state index is 10.5. The van der Waals surface area contributed by atoms with Crippen molar-refractivity contribution in [2.24, 2.45) is 0 Å². The Morgan fingerprint density at radius 1 is 1.35 bits per heavy atom. The molecule has 1 aliphatic heterocycles. The molecule has 0 aliphatic carbocycles. The molecule has 1 aliphatic rings. The van der Waals surface area contributed by atoms with Gasteiger partial charge in [-0.25, -0.2) is 0 Å². The SMILES string of the molecule is C=C[C@@H](O[Si](CC)(CC)CC)[C@H](O)[C@H]1COC(C)(C)O1. The zero-order valence-corrected chi connectivity index (χ0v) is 14.5. The summed E-state index contributed by atoms with van der Waals surface area (Å²) in [4.78, 5) is 0. The lowest BCUT2D eigenvalue weighted by atomic mass is 10.1. The predicted octanol–water partition coefficient (Wildman–Crippen LogP) is 3.08. The van der Waals surface area contributed by atoms with E-state index in [1.54, 1.807) is 6.08 Å². The fourth-order valence-corrected chi connectivity index (χ4v) is 5.45. The molecule has 0 amide bonds. The second-order valence-electron chi connectivity index (χ2n) is 5.92. The minimum Gasteiger partial charge on any atom is -0.408 e. The molecule has 0 radical (unpaired) electrons. The normalized spacial score (nSPS) is 25.4. The Labute approximate surface area is 124 Å². The number of hydrogen-bond donors (Lipinski definition) is 1. The summed E-state index contributed by atoms with van der Waals surface area (Å²) in [6.45, 7) is 14.4. The number of aliphatic hydroxyl groups is 1. The fraction of sp³-hybridized carbons (Fsp3) is 0.867. The zero-order valence-electron chi connectivity index (χ0n) is 13.5. The highest BCUT2D eigenvalue weighted by atomic mass is 28.4. The van der Waals surface area contributed by atoms with Crippen LogP contribution in [-0.4, -0.2) is 44.1 Å². The van der Waals surface area contributed by atoms with E-state index in [-0.39, 0.29) is 12.2 Å². The molecule has 20 heavy (non-hydrogen) atoms. The molecular weight excluding hydrogens is 272 g/mol. The quantitative estimate of drug-likeness (QED) is 0.553. The first-order chi connectivity index (χ1) is 9.33. The van der Waals surface area contributed by atoms with Crippen LogP contribution in [-0.2, 0) is 13.9 Å². The third kappa shape index (κ3) is 4.15. The van der Waals surface area contributed by atoms with Crippen LogP contribution >= 0.6 is 0 Å². The van der Waals surface area contributed by atoms with E-state index in [1.807, 2.05) is 13.8 Å². The molecule has 0 bridgehead atoms. The molecule has 0 unspecified atom stereocenters. The Hall–Kier alpha value is -0.203. The summed E-state index contributed by atoms with van der Waals surface area (Å²) in [5, 5.41) is 10.5. The third-order valence-corrected chi connectivity index (χ3v) is 8.94. The molecule has 1 rings (SSSR count). The average Bonchev–Trinajstić information content (AvgIpc) is 2.81. The fourth-order valence-electron chi connectivity index (χ4n) is 2.64. The molecule has 1 N–H and O–H groups in total. The average molecular weight is 302 g/mol. The van der Waals surface area contributed by atoms with Gasteiger partial charge in [-0.15, -0.1) is 6.58 Å². The van der Waals surface area contributed by atoms with Gasteiger partial charge >= 0.3 is 0 Å². The molecule has 0 aromatic heterocycles. The molecule has 1 saturated heterocycles. The summed E-state index contributed by atoms with van der Waals surface area (Å²) in [5.41, 5.74) is 0. The molecule has 5 heteroatoms. The van der Waals surface area contributed by atoms with Crippen LogP contribution in [0.3, 0.4) is 0 Å². The van der Waals surface area contributed by atoms with Gasteiger partial charge in [0.2, 0.25) is 0 Å². The highest BCUT2D eigenvalue weighted by Gasteiger charge is 2.41. The third-order valence-electron chi connectivity index (χ3n) is 4.30. The summed E-state index contributed by atoms with van der Waals surface area (Å²) >= 11 is 0. The van der Waals surface area contributed by atoms with Crippen molar-refractivity contribution in [3.63, 3.8) is 0 Å². The first-order valence-corrected chi connectivity index (χ1v) is 10.2. The summed E-state index contributed by atoms with van der Waals surface area (Å²) in [7, 11) is -1.78. The van der Waals surface area contributed by atoms with Crippen LogP contribution in [0.5, 0.6) is 0 Å². The van der Waals surface area contributed by atoms with Crippen LogP contribution in [0.1, 0.15) is 34.6 Å². The molecule has 0 saturated carbocycles. The van der Waals surface area contributed by atoms with Crippen molar-refractivity contribution in [1.82, 2.24) is 0 Å². The number of ether oxygens (including phenoxy) is 2. The van der Waals surface area contributed by atoms with Gasteiger partial charge < -0.3 is 19.0 Å². The van der Waals surface area contributed by atoms with Crippen LogP contribution < -0.4 is 0 Å². The monoisotopic (exact) mass is 302 g/mol. The molecule has 0 aromatic carbocycles. The zero-order chi connectivity index (χ0) is 15.4. The number of aliphatic hydroxyl groups excluding tert-OH is 1. The van der Waals surface area contributed by atoms with E-state index in [9.17, 15) is 5.11 Å². The van der Waals surface area contributed by atoms with Crippen LogP contribution in [0.4, 0.5) is 0 Å². The van der Waals surface area contributed by atoms with Crippen molar-refractivity contribution < 1.29 is 19.0 Å². The largest absolute Gasteiger partial charge is 0.408 e. The Morgan fingerprint density at radius 2 is 1.90 bits per heavy atom. The Morgan fingerprint density at radius 3 is 2.25 bits per heavy atom. The Balaban J connectivity index is 2.73. The molecular formula is C15H30O4Si. The minimum absolute atomic E-state index is 0.356. The van der Waals surface area contributed by atoms with Crippen LogP contribution in [0.15, 0.2) is 12.7 Å². The summed E-state index contributed by atoms with van der Waals surface area (Å²) in [6.07, 6.45) is 0.224. The number of rotatable bonds is 8. The van der Waals surface area contributed by atoms with Crippen molar-refractivity contribution in [3.8, 4) is 0 Å². The van der Waals surface area contributed by atoms with Crippen LogP contribution in [0.25, 0.3) is 0 Å². The molecule has 1 fully saturated rings. The minimum atomic E-state index is -1.78. The standard InChI is InChI=1S/C15H30O4Si/c1-7-12(19-20(8-2,9-3)10-4)14(16)13-11-17-15(5,6)18-13/h7,12-14,16H,1,8-11H2,2-6H3/t12-,13-,14+/m1/s1. The van der Waals surface area contributed by atoms with Gasteiger partial charge in [0.25, 0.3) is 0 Å². The van der Waals surface area contributed by atoms with Crippen LogP contribution in [0, 0.1) is 0 Å².